The minimum absolute atomic E-state index is 0.111. The lowest BCUT2D eigenvalue weighted by Gasteiger charge is -2.16. The minimum Gasteiger partial charge on any atom is -0.411 e. The number of halogens is 2. The fraction of sp³-hybridized carbons (Fsp3) is 0.417. The molecule has 188 valence electrons. The molecule has 0 amide bonds. The standard InChI is InChI=1S/C24H28ClFN3O4PS/c1-2-3-4-9-21(19-7-5-8-20(25)22(19)26)35-24-29-28-23(33-24)18-12-10-17(11-13-18)16-27-14-6-15-32-34(30)31/h5,7-8,10-13,21,27H,2-4,6,9,14-16H2,1H3/p+1. The maximum absolute atomic E-state index is 14.7. The summed E-state index contributed by atoms with van der Waals surface area (Å²) in [4.78, 5) is 8.60. The van der Waals surface area contributed by atoms with Crippen molar-refractivity contribution in [2.24, 2.45) is 0 Å². The van der Waals surface area contributed by atoms with Gasteiger partial charge in [0.15, 0.2) is 0 Å². The first-order valence-electron chi connectivity index (χ1n) is 11.5. The van der Waals surface area contributed by atoms with Crippen LogP contribution in [-0.2, 0) is 15.6 Å². The molecule has 3 rings (SSSR count). The maximum atomic E-state index is 14.7. The third-order valence-corrected chi connectivity index (χ3v) is 7.11. The Labute approximate surface area is 214 Å². The molecule has 0 spiro atoms. The summed E-state index contributed by atoms with van der Waals surface area (Å²) in [6, 6.07) is 12.8. The third-order valence-electron chi connectivity index (χ3n) is 5.28. The van der Waals surface area contributed by atoms with Crippen LogP contribution in [0.15, 0.2) is 52.1 Å². The Morgan fingerprint density at radius 2 is 2.00 bits per heavy atom. The Hall–Kier alpha value is -1.87. The number of thioether (sulfide) groups is 1. The molecule has 0 bridgehead atoms. The Balaban J connectivity index is 1.59. The van der Waals surface area contributed by atoms with Crippen LogP contribution < -0.4 is 5.32 Å². The normalized spacial score (nSPS) is 12.6. The van der Waals surface area contributed by atoms with E-state index >= 15 is 0 Å². The summed E-state index contributed by atoms with van der Waals surface area (Å²) in [5.74, 6) is 0.00429. The quantitative estimate of drug-likeness (QED) is 0.120. The molecule has 11 heteroatoms. The minimum atomic E-state index is -2.53. The van der Waals surface area contributed by atoms with Crippen molar-refractivity contribution >= 4 is 31.6 Å². The highest BCUT2D eigenvalue weighted by molar-refractivity contribution is 7.99. The molecule has 35 heavy (non-hydrogen) atoms. The first-order valence-corrected chi connectivity index (χ1v) is 13.9. The second kappa shape index (κ2) is 14.6. The molecule has 0 saturated heterocycles. The topological polar surface area (TPSA) is 97.5 Å². The zero-order valence-electron chi connectivity index (χ0n) is 19.5. The van der Waals surface area contributed by atoms with Crippen molar-refractivity contribution in [1.29, 1.82) is 0 Å². The highest BCUT2D eigenvalue weighted by Gasteiger charge is 2.22. The van der Waals surface area contributed by atoms with E-state index < -0.39 is 14.1 Å². The van der Waals surface area contributed by atoms with Crippen LogP contribution in [0.25, 0.3) is 11.5 Å². The van der Waals surface area contributed by atoms with Gasteiger partial charge in [-0.25, -0.2) is 4.39 Å². The highest BCUT2D eigenvalue weighted by atomic mass is 35.5. The van der Waals surface area contributed by atoms with E-state index in [9.17, 15) is 8.96 Å². The van der Waals surface area contributed by atoms with Crippen LogP contribution >= 0.6 is 31.6 Å². The molecule has 2 unspecified atom stereocenters. The van der Waals surface area contributed by atoms with Gasteiger partial charge in [0, 0.05) is 27.5 Å². The zero-order chi connectivity index (χ0) is 25.0. The summed E-state index contributed by atoms with van der Waals surface area (Å²) in [6.45, 7) is 3.69. The fourth-order valence-electron chi connectivity index (χ4n) is 3.46. The molecular formula is C24H29ClFN3O4PS+. The van der Waals surface area contributed by atoms with Gasteiger partial charge in [0.25, 0.3) is 5.22 Å². The number of aromatic nitrogens is 2. The van der Waals surface area contributed by atoms with Crippen LogP contribution in [-0.4, -0.2) is 28.2 Å². The molecular weight excluding hydrogens is 512 g/mol. The SMILES string of the molecule is CCCCCC(Sc1nnc(-c2ccc(CNCCCO[P+](=O)O)cc2)o1)c1cccc(Cl)c1F. The molecule has 1 aromatic heterocycles. The molecule has 2 atom stereocenters. The molecule has 1 heterocycles. The van der Waals surface area contributed by atoms with Crippen molar-refractivity contribution < 1.29 is 22.8 Å². The lowest BCUT2D eigenvalue weighted by molar-refractivity contribution is 0.276. The van der Waals surface area contributed by atoms with Crippen molar-refractivity contribution in [2.45, 2.75) is 56.0 Å². The number of hydrogen-bond acceptors (Lipinski definition) is 7. The Bertz CT molecular complexity index is 1090. The van der Waals surface area contributed by atoms with E-state index in [1.807, 2.05) is 24.3 Å². The monoisotopic (exact) mass is 540 g/mol. The van der Waals surface area contributed by atoms with Gasteiger partial charge in [0.2, 0.25) is 5.89 Å². The van der Waals surface area contributed by atoms with Crippen molar-refractivity contribution in [3.63, 3.8) is 0 Å². The van der Waals surface area contributed by atoms with Gasteiger partial charge in [-0.1, -0.05) is 73.8 Å². The van der Waals surface area contributed by atoms with Crippen molar-refractivity contribution in [1.82, 2.24) is 15.5 Å². The number of hydrogen-bond donors (Lipinski definition) is 2. The second-order valence-electron chi connectivity index (χ2n) is 7.92. The number of unbranched alkanes of at least 4 members (excludes halogenated alkanes) is 2. The third kappa shape index (κ3) is 8.94. The van der Waals surface area contributed by atoms with E-state index in [1.54, 1.807) is 18.2 Å². The second-order valence-corrected chi connectivity index (χ2v) is 10.2. The molecule has 0 aliphatic heterocycles. The predicted octanol–water partition coefficient (Wildman–Crippen LogP) is 7.09. The number of nitrogens with zero attached hydrogens (tertiary/aromatic N) is 2. The molecule has 2 aromatic carbocycles. The lowest BCUT2D eigenvalue weighted by atomic mass is 10.1. The number of benzene rings is 2. The van der Waals surface area contributed by atoms with Gasteiger partial charge in [0.1, 0.15) is 12.4 Å². The van der Waals surface area contributed by atoms with Crippen LogP contribution in [0.4, 0.5) is 4.39 Å². The first kappa shape index (κ1) is 27.7. The van der Waals surface area contributed by atoms with Crippen molar-refractivity contribution in [3.8, 4) is 11.5 Å². The lowest BCUT2D eigenvalue weighted by Crippen LogP contribution is -2.15. The fourth-order valence-corrected chi connectivity index (χ4v) is 4.98. The average molecular weight is 541 g/mol. The summed E-state index contributed by atoms with van der Waals surface area (Å²) in [6.07, 6.45) is 4.52. The molecule has 0 aliphatic carbocycles. The van der Waals surface area contributed by atoms with E-state index in [0.29, 0.717) is 36.2 Å². The van der Waals surface area contributed by atoms with Crippen LogP contribution in [0.3, 0.4) is 0 Å². The molecule has 2 N–H and O–H groups in total. The Morgan fingerprint density at radius 3 is 2.74 bits per heavy atom. The smallest absolute Gasteiger partial charge is 0.411 e. The van der Waals surface area contributed by atoms with Gasteiger partial charge in [-0.05, 0) is 43.1 Å². The Kier molecular flexibility index (Phi) is 11.6. The highest BCUT2D eigenvalue weighted by Crippen LogP contribution is 2.41. The first-order chi connectivity index (χ1) is 17.0. The molecule has 0 fully saturated rings. The number of rotatable bonds is 15. The van der Waals surface area contributed by atoms with Gasteiger partial charge in [0.05, 0.1) is 5.02 Å². The Morgan fingerprint density at radius 1 is 1.20 bits per heavy atom. The molecule has 0 radical (unpaired) electrons. The van der Waals surface area contributed by atoms with E-state index in [0.717, 1.165) is 36.8 Å². The van der Waals surface area contributed by atoms with Crippen LogP contribution in [0.5, 0.6) is 0 Å². The average Bonchev–Trinajstić information content (AvgIpc) is 3.31. The molecule has 7 nitrogen and oxygen atoms in total. The van der Waals surface area contributed by atoms with E-state index in [2.05, 4.69) is 27.0 Å². The van der Waals surface area contributed by atoms with Gasteiger partial charge < -0.3 is 9.73 Å². The zero-order valence-corrected chi connectivity index (χ0v) is 21.9. The van der Waals surface area contributed by atoms with Gasteiger partial charge in [-0.3, -0.25) is 0 Å². The van der Waals surface area contributed by atoms with Crippen molar-refractivity contribution in [3.05, 3.63) is 64.4 Å². The van der Waals surface area contributed by atoms with Gasteiger partial charge >= 0.3 is 8.25 Å². The van der Waals surface area contributed by atoms with Gasteiger partial charge in [-0.2, -0.15) is 0 Å². The van der Waals surface area contributed by atoms with Crippen LogP contribution in [0, 0.1) is 5.82 Å². The summed E-state index contributed by atoms with van der Waals surface area (Å²) in [5, 5.41) is 11.9. The van der Waals surface area contributed by atoms with Crippen LogP contribution in [0.2, 0.25) is 5.02 Å². The maximum Gasteiger partial charge on any atom is 0.694 e. The molecule has 0 aliphatic rings. The van der Waals surface area contributed by atoms with Crippen LogP contribution in [0.1, 0.15) is 55.4 Å². The van der Waals surface area contributed by atoms with E-state index in [-0.39, 0.29) is 16.9 Å². The van der Waals surface area contributed by atoms with E-state index in [4.69, 9.17) is 20.9 Å². The summed E-state index contributed by atoms with van der Waals surface area (Å²) in [5.41, 5.74) is 2.42. The number of nitrogens with one attached hydrogen (secondary N) is 1. The summed E-state index contributed by atoms with van der Waals surface area (Å²) >= 11 is 7.38. The summed E-state index contributed by atoms with van der Waals surface area (Å²) in [7, 11) is -2.53. The van der Waals surface area contributed by atoms with Crippen molar-refractivity contribution in [2.75, 3.05) is 13.2 Å². The largest absolute Gasteiger partial charge is 0.694 e. The summed E-state index contributed by atoms with van der Waals surface area (Å²) < 4.78 is 35.7. The van der Waals surface area contributed by atoms with Gasteiger partial charge in [-0.15, -0.1) is 19.6 Å². The predicted molar refractivity (Wildman–Crippen MR) is 136 cm³/mol. The molecule has 3 aromatic rings. The molecule has 0 saturated carbocycles. The van der Waals surface area contributed by atoms with E-state index in [1.165, 1.54) is 11.8 Å².